The van der Waals surface area contributed by atoms with Gasteiger partial charge >= 0.3 is 0 Å². The fraction of sp³-hybridized carbons (Fsp3) is 0.600. The Hall–Kier alpha value is -2.86. The lowest BCUT2D eigenvalue weighted by Crippen LogP contribution is -2.34. The van der Waals surface area contributed by atoms with Crippen LogP contribution in [0.5, 0.6) is 0 Å². The molecule has 41 heavy (non-hydrogen) atoms. The Morgan fingerprint density at radius 3 is 2.34 bits per heavy atom. The van der Waals surface area contributed by atoms with Crippen molar-refractivity contribution >= 4 is 28.6 Å². The summed E-state index contributed by atoms with van der Waals surface area (Å²) in [6.07, 6.45) is 10.7. The summed E-state index contributed by atoms with van der Waals surface area (Å²) < 4.78 is 2.32. The van der Waals surface area contributed by atoms with Crippen LogP contribution in [0.2, 0.25) is 0 Å². The largest absolute Gasteiger partial charge is 0.339 e. The van der Waals surface area contributed by atoms with Gasteiger partial charge in [0.1, 0.15) is 0 Å². The van der Waals surface area contributed by atoms with Crippen LogP contribution in [0.25, 0.3) is 11.0 Å². The van der Waals surface area contributed by atoms with Crippen molar-refractivity contribution in [2.24, 2.45) is 11.8 Å². The van der Waals surface area contributed by atoms with Gasteiger partial charge in [-0.3, -0.25) is 4.79 Å². The minimum Gasteiger partial charge on any atom is -0.339 e. The molecule has 0 saturated carbocycles. The molecule has 222 valence electrons. The summed E-state index contributed by atoms with van der Waals surface area (Å²) in [5.74, 6) is 2.15. The van der Waals surface area contributed by atoms with Crippen LogP contribution in [-0.2, 0) is 19.4 Å². The smallest absolute Gasteiger partial charge is 0.253 e. The van der Waals surface area contributed by atoms with Crippen LogP contribution in [-0.4, -0.2) is 58.0 Å². The Labute approximate surface area is 247 Å². The third kappa shape index (κ3) is 7.71. The summed E-state index contributed by atoms with van der Waals surface area (Å²) in [5.41, 5.74) is 6.80. The highest BCUT2D eigenvalue weighted by atomic mass is 16.2. The van der Waals surface area contributed by atoms with Gasteiger partial charge in [0.2, 0.25) is 5.95 Å². The number of aryl methyl sites for hydroxylation is 3. The number of anilines is 2. The molecule has 0 unspecified atom stereocenters. The van der Waals surface area contributed by atoms with E-state index in [1.165, 1.54) is 56.3 Å². The van der Waals surface area contributed by atoms with Crippen LogP contribution in [0.15, 0.2) is 36.4 Å². The number of benzene rings is 2. The quantitative estimate of drug-likeness (QED) is 0.234. The van der Waals surface area contributed by atoms with Gasteiger partial charge in [-0.15, -0.1) is 0 Å². The summed E-state index contributed by atoms with van der Waals surface area (Å²) in [6.45, 7) is 15.0. The lowest BCUT2D eigenvalue weighted by Gasteiger charge is -2.26. The predicted molar refractivity (Wildman–Crippen MR) is 171 cm³/mol. The number of amides is 1. The molecule has 1 fully saturated rings. The summed E-state index contributed by atoms with van der Waals surface area (Å²) in [4.78, 5) is 23.5. The first kappa shape index (κ1) is 29.6. The minimum atomic E-state index is 0.141. The number of nitrogens with zero attached hydrogens (tertiary/aromatic N) is 4. The van der Waals surface area contributed by atoms with Crippen molar-refractivity contribution in [2.75, 3.05) is 38.0 Å². The lowest BCUT2D eigenvalue weighted by atomic mass is 10.1. The van der Waals surface area contributed by atoms with Gasteiger partial charge in [-0.25, -0.2) is 4.98 Å². The molecule has 3 aromatic rings. The Morgan fingerprint density at radius 1 is 0.878 bits per heavy atom. The molecule has 2 aromatic carbocycles. The molecule has 1 N–H and O–H groups in total. The first-order chi connectivity index (χ1) is 19.9. The molecule has 6 heteroatoms. The third-order valence-electron chi connectivity index (χ3n) is 8.89. The van der Waals surface area contributed by atoms with E-state index >= 15 is 0 Å². The molecule has 5 rings (SSSR count). The van der Waals surface area contributed by atoms with Crippen LogP contribution in [0.4, 0.5) is 11.6 Å². The predicted octanol–water partition coefficient (Wildman–Crippen LogP) is 7.68. The molecule has 1 aliphatic carbocycles. The minimum absolute atomic E-state index is 0.141. The van der Waals surface area contributed by atoms with E-state index in [0.717, 1.165) is 80.1 Å². The Balaban J connectivity index is 1.42. The van der Waals surface area contributed by atoms with Crippen molar-refractivity contribution in [3.63, 3.8) is 0 Å². The van der Waals surface area contributed by atoms with Crippen LogP contribution in [0, 0.1) is 11.8 Å². The zero-order chi connectivity index (χ0) is 28.8. The molecule has 1 saturated heterocycles. The van der Waals surface area contributed by atoms with E-state index in [-0.39, 0.29) is 5.91 Å². The summed E-state index contributed by atoms with van der Waals surface area (Å²) in [6, 6.07) is 12.9. The van der Waals surface area contributed by atoms with Crippen LogP contribution in [0.1, 0.15) is 94.1 Å². The molecule has 2 aliphatic rings. The summed E-state index contributed by atoms with van der Waals surface area (Å²) in [7, 11) is 0. The first-order valence-corrected chi connectivity index (χ1v) is 16.3. The topological polar surface area (TPSA) is 53.4 Å². The fourth-order valence-corrected chi connectivity index (χ4v) is 6.32. The Kier molecular flexibility index (Phi) is 10.0. The molecule has 0 radical (unpaired) electrons. The van der Waals surface area contributed by atoms with Crippen LogP contribution < -0.4 is 5.32 Å². The van der Waals surface area contributed by atoms with E-state index in [4.69, 9.17) is 4.98 Å². The van der Waals surface area contributed by atoms with Crippen LogP contribution in [0.3, 0.4) is 0 Å². The van der Waals surface area contributed by atoms with Crippen molar-refractivity contribution in [3.05, 3.63) is 53.1 Å². The summed E-state index contributed by atoms with van der Waals surface area (Å²) >= 11 is 0. The zero-order valence-corrected chi connectivity index (χ0v) is 25.9. The number of nitrogens with one attached hydrogen (secondary N) is 1. The van der Waals surface area contributed by atoms with Crippen LogP contribution >= 0.6 is 0 Å². The SMILES string of the molecule is CC(C)CCN(CCC(C)C)C(=O)c1ccc2nc(Nc3ccc4c(c3)CCC4)n(CCCN3CCCCC3)c2c1. The molecule has 0 atom stereocenters. The van der Waals surface area contributed by atoms with E-state index in [1.54, 1.807) is 0 Å². The van der Waals surface area contributed by atoms with E-state index in [1.807, 2.05) is 12.1 Å². The van der Waals surface area contributed by atoms with Crippen molar-refractivity contribution in [3.8, 4) is 0 Å². The van der Waals surface area contributed by atoms with Gasteiger partial charge in [0.05, 0.1) is 11.0 Å². The number of piperidine rings is 1. The molecular formula is C35H51N5O. The lowest BCUT2D eigenvalue weighted by molar-refractivity contribution is 0.0741. The summed E-state index contributed by atoms with van der Waals surface area (Å²) in [5, 5.41) is 3.66. The molecule has 0 bridgehead atoms. The molecule has 6 nitrogen and oxygen atoms in total. The molecular weight excluding hydrogens is 506 g/mol. The van der Waals surface area contributed by atoms with Crippen molar-refractivity contribution in [1.29, 1.82) is 0 Å². The average Bonchev–Trinajstić information content (AvgIpc) is 3.57. The second kappa shape index (κ2) is 13.9. The zero-order valence-electron chi connectivity index (χ0n) is 25.9. The van der Waals surface area contributed by atoms with Gasteiger partial charge in [-0.1, -0.05) is 40.2 Å². The van der Waals surface area contributed by atoms with Gasteiger partial charge < -0.3 is 19.7 Å². The highest BCUT2D eigenvalue weighted by Gasteiger charge is 2.20. The number of fused-ring (bicyclic) bond motifs is 2. The van der Waals surface area contributed by atoms with Gasteiger partial charge in [0, 0.05) is 30.9 Å². The molecule has 1 amide bonds. The van der Waals surface area contributed by atoms with Gasteiger partial charge in [-0.05, 0) is 124 Å². The monoisotopic (exact) mass is 557 g/mol. The second-order valence-corrected chi connectivity index (χ2v) is 13.2. The van der Waals surface area contributed by atoms with Crippen molar-refractivity contribution in [1.82, 2.24) is 19.4 Å². The van der Waals surface area contributed by atoms with Crippen molar-refractivity contribution < 1.29 is 4.79 Å². The number of hydrogen-bond donors (Lipinski definition) is 1. The number of carbonyl (C=O) groups excluding carboxylic acids is 1. The Bertz CT molecular complexity index is 1290. The van der Waals surface area contributed by atoms with E-state index in [0.29, 0.717) is 11.8 Å². The van der Waals surface area contributed by atoms with E-state index < -0.39 is 0 Å². The van der Waals surface area contributed by atoms with E-state index in [9.17, 15) is 4.79 Å². The average molecular weight is 558 g/mol. The maximum absolute atomic E-state index is 13.8. The second-order valence-electron chi connectivity index (χ2n) is 13.2. The fourth-order valence-electron chi connectivity index (χ4n) is 6.32. The standard InChI is InChI=1S/C35H51N5O/c1-26(2)16-22-39(23-17-27(3)4)34(41)30-13-15-32-33(25-30)40(21-9-20-38-18-6-5-7-19-38)35(37-32)36-31-14-12-28-10-8-11-29(28)24-31/h12-15,24-27H,5-11,16-23H2,1-4H3,(H,36,37). The number of rotatable bonds is 13. The molecule has 1 aromatic heterocycles. The molecule has 1 aliphatic heterocycles. The normalized spacial score (nSPS) is 15.7. The maximum Gasteiger partial charge on any atom is 0.253 e. The van der Waals surface area contributed by atoms with E-state index in [2.05, 4.69) is 71.6 Å². The number of likely N-dealkylation sites (tertiary alicyclic amines) is 1. The number of imidazole rings is 1. The third-order valence-corrected chi connectivity index (χ3v) is 8.89. The number of carbonyl (C=O) groups is 1. The molecule has 0 spiro atoms. The number of aromatic nitrogens is 2. The van der Waals surface area contributed by atoms with Gasteiger partial charge in [0.15, 0.2) is 0 Å². The Morgan fingerprint density at radius 2 is 1.61 bits per heavy atom. The maximum atomic E-state index is 13.8. The highest BCUT2D eigenvalue weighted by molar-refractivity contribution is 5.98. The van der Waals surface area contributed by atoms with Gasteiger partial charge in [-0.2, -0.15) is 0 Å². The van der Waals surface area contributed by atoms with Gasteiger partial charge in [0.25, 0.3) is 5.91 Å². The highest BCUT2D eigenvalue weighted by Crippen LogP contribution is 2.29. The first-order valence-electron chi connectivity index (χ1n) is 16.3. The van der Waals surface area contributed by atoms with Crippen molar-refractivity contribution in [2.45, 2.75) is 92.0 Å². The number of hydrogen-bond acceptors (Lipinski definition) is 4. The molecule has 2 heterocycles.